The predicted molar refractivity (Wildman–Crippen MR) is 24.9 cm³/mol. The van der Waals surface area contributed by atoms with Gasteiger partial charge < -0.3 is 0 Å². The van der Waals surface area contributed by atoms with E-state index >= 15 is 0 Å². The van der Waals surface area contributed by atoms with E-state index in [0.29, 0.717) is 6.61 Å². The van der Waals surface area contributed by atoms with E-state index in [2.05, 4.69) is 8.36 Å². The van der Waals surface area contributed by atoms with Gasteiger partial charge in [-0.1, -0.05) is 0 Å². The molecule has 0 radical (unpaired) electrons. The van der Waals surface area contributed by atoms with Crippen LogP contribution in [0.25, 0.3) is 0 Å². The van der Waals surface area contributed by atoms with Gasteiger partial charge in [0.2, 0.25) is 0 Å². The van der Waals surface area contributed by atoms with Gasteiger partial charge >= 0.3 is 60.4 Å². The molecule has 0 heterocycles. The molecule has 1 N–H and O–H groups in total. The van der Waals surface area contributed by atoms with Crippen LogP contribution in [0.3, 0.4) is 0 Å². The molecule has 0 saturated carbocycles. The molecular formula is C4H10O4Ti. The summed E-state index contributed by atoms with van der Waals surface area (Å²) in [5.74, 6) is 0. The molecule has 0 unspecified atom stereocenters. The van der Waals surface area contributed by atoms with E-state index in [9.17, 15) is 3.32 Å². The zero-order valence-corrected chi connectivity index (χ0v) is 6.85. The second kappa shape index (κ2) is 6.51. The van der Waals surface area contributed by atoms with Crippen LogP contribution in [0.1, 0.15) is 19.8 Å². The normalized spacial score (nSPS) is 9.56. The Morgan fingerprint density at radius 1 is 1.67 bits per heavy atom. The Kier molecular flexibility index (Phi) is 6.80. The predicted octanol–water partition coefficient (Wildman–Crippen LogP) is 0.521. The number of unbranched alkanes of at least 4 members (excludes halogenated alkanes) is 1. The summed E-state index contributed by atoms with van der Waals surface area (Å²) in [5, 5.41) is 0. The first-order valence-electron chi connectivity index (χ1n) is 2.79. The van der Waals surface area contributed by atoms with Gasteiger partial charge in [0, 0.05) is 0 Å². The van der Waals surface area contributed by atoms with Gasteiger partial charge in [0.25, 0.3) is 0 Å². The molecule has 0 aliphatic heterocycles. The first-order valence-corrected chi connectivity index (χ1v) is 4.77. The fraction of sp³-hybridized carbons (Fsp3) is 1.00. The number of hydrogen-bond acceptors (Lipinski definition) is 3. The van der Waals surface area contributed by atoms with Crippen LogP contribution in [0.2, 0.25) is 0 Å². The van der Waals surface area contributed by atoms with E-state index in [1.807, 2.05) is 6.92 Å². The van der Waals surface area contributed by atoms with Gasteiger partial charge in [-0.25, -0.2) is 0 Å². The quantitative estimate of drug-likeness (QED) is 0.283. The summed E-state index contributed by atoms with van der Waals surface area (Å²) >= 11 is -3.41. The van der Waals surface area contributed by atoms with E-state index in [1.54, 1.807) is 0 Å². The van der Waals surface area contributed by atoms with Crippen LogP contribution in [0.4, 0.5) is 0 Å². The summed E-state index contributed by atoms with van der Waals surface area (Å²) in [7, 11) is 0. The maximum atomic E-state index is 9.87. The molecule has 0 aliphatic rings. The Morgan fingerprint density at radius 2 is 2.33 bits per heavy atom. The standard InChI is InChI=1S/C4H10O2.H2O.O.Ti/c1-2-3-4-6-5;;;/h5H,2-4H2,1H3;1H2;;/q;;;+2/p-2. The Labute approximate surface area is 60.8 Å². The van der Waals surface area contributed by atoms with Crippen LogP contribution in [-0.2, 0) is 30.3 Å². The molecular weight excluding hydrogens is 160 g/mol. The summed E-state index contributed by atoms with van der Waals surface area (Å²) in [6.07, 6.45) is 1.84. The zero-order chi connectivity index (χ0) is 7.11. The zero-order valence-electron chi connectivity index (χ0n) is 5.29. The number of rotatable bonds is 5. The molecule has 0 amide bonds. The van der Waals surface area contributed by atoms with Crippen LogP contribution in [0, 0.1) is 0 Å². The van der Waals surface area contributed by atoms with Crippen molar-refractivity contribution < 1.29 is 34.0 Å². The van der Waals surface area contributed by atoms with E-state index in [4.69, 9.17) is 3.69 Å². The molecule has 5 heteroatoms. The monoisotopic (exact) mass is 170 g/mol. The van der Waals surface area contributed by atoms with Crippen molar-refractivity contribution in [2.75, 3.05) is 6.61 Å². The third kappa shape index (κ3) is 8.39. The molecule has 0 aromatic carbocycles. The van der Waals surface area contributed by atoms with Crippen LogP contribution >= 0.6 is 0 Å². The Balaban J connectivity index is 2.83. The second-order valence-corrected chi connectivity index (χ2v) is 2.62. The molecule has 0 aromatic heterocycles. The fourth-order valence-electron chi connectivity index (χ4n) is 0.295. The average molecular weight is 170 g/mol. The van der Waals surface area contributed by atoms with Crippen molar-refractivity contribution >= 4 is 0 Å². The first-order chi connectivity index (χ1) is 4.27. The minimum absolute atomic E-state index is 0.399. The van der Waals surface area contributed by atoms with E-state index in [1.165, 1.54) is 0 Å². The summed E-state index contributed by atoms with van der Waals surface area (Å²) in [4.78, 5) is 4.35. The van der Waals surface area contributed by atoms with Crippen molar-refractivity contribution in [1.29, 1.82) is 0 Å². The van der Waals surface area contributed by atoms with Crippen LogP contribution in [0.15, 0.2) is 0 Å². The van der Waals surface area contributed by atoms with Gasteiger partial charge in [0.1, 0.15) is 0 Å². The molecule has 9 heavy (non-hydrogen) atoms. The van der Waals surface area contributed by atoms with Gasteiger partial charge in [0.15, 0.2) is 0 Å². The maximum absolute atomic E-state index is 9.87. The summed E-state index contributed by atoms with van der Waals surface area (Å²) in [6.45, 7) is 2.40. The third-order valence-corrected chi connectivity index (χ3v) is 1.12. The van der Waals surface area contributed by atoms with E-state index < -0.39 is 18.6 Å². The van der Waals surface area contributed by atoms with Crippen LogP contribution in [0.5, 0.6) is 0 Å². The van der Waals surface area contributed by atoms with Gasteiger partial charge in [-0.15, -0.1) is 0 Å². The molecule has 0 spiro atoms. The summed E-state index contributed by atoms with van der Waals surface area (Å²) in [6, 6.07) is 0. The molecule has 0 aromatic rings. The molecule has 0 bridgehead atoms. The topological polar surface area (TPSA) is 55.8 Å². The van der Waals surface area contributed by atoms with Crippen molar-refractivity contribution in [3.8, 4) is 0 Å². The molecule has 0 saturated heterocycles. The average Bonchev–Trinajstić information content (AvgIpc) is 1.80. The molecule has 54 valence electrons. The number of hydrogen-bond donors (Lipinski definition) is 1. The second-order valence-electron chi connectivity index (χ2n) is 1.52. The molecule has 0 fully saturated rings. The SMILES string of the molecule is CCCCO[O][Ti](=[O])[OH]. The fourth-order valence-corrected chi connectivity index (χ4v) is 0.583. The van der Waals surface area contributed by atoms with Gasteiger partial charge in [0.05, 0.1) is 0 Å². The molecule has 4 nitrogen and oxygen atoms in total. The van der Waals surface area contributed by atoms with Crippen molar-refractivity contribution in [3.05, 3.63) is 0 Å². The first kappa shape index (κ1) is 9.39. The summed E-state index contributed by atoms with van der Waals surface area (Å²) < 4.78 is 22.0. The Bertz CT molecular complexity index is 84.6. The molecule has 0 atom stereocenters. The van der Waals surface area contributed by atoms with Gasteiger partial charge in [-0.05, 0) is 0 Å². The van der Waals surface area contributed by atoms with Crippen molar-refractivity contribution in [2.24, 2.45) is 0 Å². The molecule has 0 aliphatic carbocycles. The van der Waals surface area contributed by atoms with Crippen molar-refractivity contribution in [3.63, 3.8) is 0 Å². The van der Waals surface area contributed by atoms with Crippen molar-refractivity contribution in [2.45, 2.75) is 19.8 Å². The van der Waals surface area contributed by atoms with E-state index in [0.717, 1.165) is 12.8 Å². The third-order valence-electron chi connectivity index (χ3n) is 0.711. The van der Waals surface area contributed by atoms with Gasteiger partial charge in [-0.2, -0.15) is 0 Å². The minimum atomic E-state index is -3.41. The Morgan fingerprint density at radius 3 is 2.78 bits per heavy atom. The summed E-state index contributed by atoms with van der Waals surface area (Å²) in [5.41, 5.74) is 0. The van der Waals surface area contributed by atoms with Crippen LogP contribution in [-0.4, -0.2) is 10.3 Å². The Hall–Kier alpha value is 0.394. The van der Waals surface area contributed by atoms with Crippen molar-refractivity contribution in [1.82, 2.24) is 0 Å². The van der Waals surface area contributed by atoms with E-state index in [-0.39, 0.29) is 0 Å². The van der Waals surface area contributed by atoms with Gasteiger partial charge in [-0.3, -0.25) is 0 Å². The molecule has 0 rings (SSSR count). The van der Waals surface area contributed by atoms with Crippen LogP contribution < -0.4 is 0 Å².